The Bertz CT molecular complexity index is 459. The van der Waals surface area contributed by atoms with E-state index < -0.39 is 11.7 Å². The van der Waals surface area contributed by atoms with Gasteiger partial charge in [0.2, 0.25) is 0 Å². The molecule has 5 nitrogen and oxygen atoms in total. The summed E-state index contributed by atoms with van der Waals surface area (Å²) in [7, 11) is 1.76. The van der Waals surface area contributed by atoms with E-state index in [4.69, 9.17) is 10.5 Å². The molecule has 1 aromatic rings. The summed E-state index contributed by atoms with van der Waals surface area (Å²) in [5, 5.41) is 29.0. The van der Waals surface area contributed by atoms with Crippen molar-refractivity contribution in [3.05, 3.63) is 35.4 Å². The monoisotopic (exact) mass is 234 g/mol. The summed E-state index contributed by atoms with van der Waals surface area (Å²) in [4.78, 5) is 10.9. The Balaban J connectivity index is 3.24. The minimum Gasteiger partial charge on any atom is -0.506 e. The van der Waals surface area contributed by atoms with Gasteiger partial charge in [0.1, 0.15) is 11.3 Å². The molecule has 1 aromatic carbocycles. The van der Waals surface area contributed by atoms with Crippen LogP contribution >= 0.6 is 0 Å². The summed E-state index contributed by atoms with van der Waals surface area (Å²) in [6.45, 7) is 1.32. The van der Waals surface area contributed by atoms with Crippen LogP contribution in [0.15, 0.2) is 29.8 Å². The molecule has 0 unspecified atom stereocenters. The van der Waals surface area contributed by atoms with Crippen molar-refractivity contribution in [3.63, 3.8) is 0 Å². The molecular formula is C12H14N2O3. The zero-order valence-corrected chi connectivity index (χ0v) is 9.61. The maximum atomic E-state index is 10.9. The number of hydrogen-bond acceptors (Lipinski definition) is 4. The van der Waals surface area contributed by atoms with Crippen LogP contribution in [0.1, 0.15) is 12.5 Å². The van der Waals surface area contributed by atoms with Crippen LogP contribution in [0, 0.1) is 5.41 Å². The van der Waals surface area contributed by atoms with Crippen molar-refractivity contribution in [1.82, 2.24) is 0 Å². The van der Waals surface area contributed by atoms with Gasteiger partial charge in [-0.2, -0.15) is 0 Å². The van der Waals surface area contributed by atoms with Gasteiger partial charge in [-0.3, -0.25) is 0 Å². The maximum Gasteiger partial charge on any atom is 0.341 e. The summed E-state index contributed by atoms with van der Waals surface area (Å²) < 4.78 is 0. The number of carboxylic acid groups (broad SMARTS) is 1. The van der Waals surface area contributed by atoms with Crippen LogP contribution in [0.5, 0.6) is 0 Å². The zero-order valence-electron chi connectivity index (χ0n) is 9.61. The molecule has 0 saturated heterocycles. The zero-order chi connectivity index (χ0) is 13.0. The van der Waals surface area contributed by atoms with Gasteiger partial charge >= 0.3 is 5.97 Å². The summed E-state index contributed by atoms with van der Waals surface area (Å²) in [5.41, 5.74) is 0.646. The lowest BCUT2D eigenvalue weighted by atomic mass is 10.0. The van der Waals surface area contributed by atoms with E-state index >= 15 is 0 Å². The van der Waals surface area contributed by atoms with E-state index in [0.717, 1.165) is 5.69 Å². The fraction of sp³-hybridized carbons (Fsp3) is 0.167. The molecule has 0 aromatic heterocycles. The number of benzene rings is 1. The standard InChI is InChI=1S/C12H14N2O3/c1-7(13)10(12(16)17)11(15)8-3-5-9(14-2)6-4-8/h3-6,13-15H,1-2H3,(H,16,17)/b11-10+,13-7?. The first kappa shape index (κ1) is 12.8. The van der Waals surface area contributed by atoms with E-state index in [1.165, 1.54) is 6.92 Å². The van der Waals surface area contributed by atoms with Crippen molar-refractivity contribution in [2.24, 2.45) is 0 Å². The van der Waals surface area contributed by atoms with Crippen LogP contribution in [-0.4, -0.2) is 28.9 Å². The molecule has 0 radical (unpaired) electrons. The molecule has 0 amide bonds. The van der Waals surface area contributed by atoms with E-state index in [0.29, 0.717) is 5.56 Å². The lowest BCUT2D eigenvalue weighted by Crippen LogP contribution is -2.11. The quantitative estimate of drug-likeness (QED) is 0.364. The highest BCUT2D eigenvalue weighted by atomic mass is 16.4. The number of nitrogens with one attached hydrogen (secondary N) is 2. The number of aliphatic hydroxyl groups is 1. The SMILES string of the molecule is CNc1ccc(/C(O)=C(/C(C)=N)C(=O)O)cc1. The highest BCUT2D eigenvalue weighted by Gasteiger charge is 2.17. The average molecular weight is 234 g/mol. The van der Waals surface area contributed by atoms with Crippen LogP contribution < -0.4 is 5.32 Å². The van der Waals surface area contributed by atoms with Crippen molar-refractivity contribution in [3.8, 4) is 0 Å². The van der Waals surface area contributed by atoms with Crippen LogP contribution in [0.4, 0.5) is 5.69 Å². The van der Waals surface area contributed by atoms with Gasteiger partial charge in [0, 0.05) is 24.0 Å². The molecular weight excluding hydrogens is 220 g/mol. The van der Waals surface area contributed by atoms with Gasteiger partial charge in [-0.05, 0) is 31.2 Å². The van der Waals surface area contributed by atoms with Gasteiger partial charge in [-0.25, -0.2) is 4.79 Å². The van der Waals surface area contributed by atoms with Crippen LogP contribution in [0.25, 0.3) is 5.76 Å². The lowest BCUT2D eigenvalue weighted by Gasteiger charge is -2.07. The Morgan fingerprint density at radius 1 is 1.24 bits per heavy atom. The van der Waals surface area contributed by atoms with Gasteiger partial charge in [0.05, 0.1) is 0 Å². The second kappa shape index (κ2) is 5.16. The van der Waals surface area contributed by atoms with Crippen LogP contribution in [-0.2, 0) is 4.79 Å². The number of aliphatic hydroxyl groups excluding tert-OH is 1. The average Bonchev–Trinajstić information content (AvgIpc) is 2.28. The summed E-state index contributed by atoms with van der Waals surface area (Å²) in [6.07, 6.45) is 0. The Labute approximate surface area is 98.9 Å². The second-order valence-electron chi connectivity index (χ2n) is 3.48. The number of anilines is 1. The van der Waals surface area contributed by atoms with Crippen molar-refractivity contribution < 1.29 is 15.0 Å². The molecule has 0 heterocycles. The molecule has 0 fully saturated rings. The second-order valence-corrected chi connectivity index (χ2v) is 3.48. The Morgan fingerprint density at radius 2 is 1.76 bits per heavy atom. The van der Waals surface area contributed by atoms with Crippen molar-refractivity contribution in [2.45, 2.75) is 6.92 Å². The van der Waals surface area contributed by atoms with Gasteiger partial charge in [0.15, 0.2) is 0 Å². The van der Waals surface area contributed by atoms with Crippen molar-refractivity contribution in [1.29, 1.82) is 5.41 Å². The first-order chi connectivity index (χ1) is 7.97. The first-order valence-corrected chi connectivity index (χ1v) is 4.97. The normalized spacial score (nSPS) is 11.6. The lowest BCUT2D eigenvalue weighted by molar-refractivity contribution is -0.132. The van der Waals surface area contributed by atoms with Crippen molar-refractivity contribution >= 4 is 23.1 Å². The third kappa shape index (κ3) is 2.84. The van der Waals surface area contributed by atoms with Gasteiger partial charge in [0.25, 0.3) is 0 Å². The maximum absolute atomic E-state index is 10.9. The minimum atomic E-state index is -1.31. The molecule has 90 valence electrons. The van der Waals surface area contributed by atoms with Crippen LogP contribution in [0.2, 0.25) is 0 Å². The van der Waals surface area contributed by atoms with Gasteiger partial charge in [-0.1, -0.05) is 0 Å². The highest BCUT2D eigenvalue weighted by molar-refractivity contribution is 6.21. The fourth-order valence-corrected chi connectivity index (χ4v) is 1.38. The predicted molar refractivity (Wildman–Crippen MR) is 66.6 cm³/mol. The Morgan fingerprint density at radius 3 is 2.12 bits per heavy atom. The Hall–Kier alpha value is -2.30. The van der Waals surface area contributed by atoms with E-state index in [1.54, 1.807) is 31.3 Å². The largest absolute Gasteiger partial charge is 0.506 e. The fourth-order valence-electron chi connectivity index (χ4n) is 1.38. The molecule has 0 spiro atoms. The molecule has 0 atom stereocenters. The third-order valence-corrected chi connectivity index (χ3v) is 2.27. The van der Waals surface area contributed by atoms with Gasteiger partial charge < -0.3 is 20.9 Å². The first-order valence-electron chi connectivity index (χ1n) is 4.97. The number of carbonyl (C=O) groups is 1. The van der Waals surface area contributed by atoms with E-state index in [-0.39, 0.29) is 11.3 Å². The Kier molecular flexibility index (Phi) is 3.87. The molecule has 0 saturated carbocycles. The molecule has 0 aliphatic rings. The number of hydrogen-bond donors (Lipinski definition) is 4. The van der Waals surface area contributed by atoms with E-state index in [1.807, 2.05) is 0 Å². The summed E-state index contributed by atoms with van der Waals surface area (Å²) >= 11 is 0. The molecule has 0 aliphatic heterocycles. The summed E-state index contributed by atoms with van der Waals surface area (Å²) in [5.74, 6) is -1.71. The highest BCUT2D eigenvalue weighted by Crippen LogP contribution is 2.19. The minimum absolute atomic E-state index is 0.187. The summed E-state index contributed by atoms with van der Waals surface area (Å²) in [6, 6.07) is 6.61. The number of carboxylic acids is 1. The topological polar surface area (TPSA) is 93.4 Å². The third-order valence-electron chi connectivity index (χ3n) is 2.27. The smallest absolute Gasteiger partial charge is 0.341 e. The number of aliphatic carboxylic acids is 1. The molecule has 4 N–H and O–H groups in total. The predicted octanol–water partition coefficient (Wildman–Crippen LogP) is 2.12. The van der Waals surface area contributed by atoms with Crippen LogP contribution in [0.3, 0.4) is 0 Å². The van der Waals surface area contributed by atoms with E-state index in [2.05, 4.69) is 5.32 Å². The van der Waals surface area contributed by atoms with E-state index in [9.17, 15) is 9.90 Å². The number of rotatable bonds is 4. The molecule has 0 aliphatic carbocycles. The van der Waals surface area contributed by atoms with Crippen molar-refractivity contribution in [2.75, 3.05) is 12.4 Å². The molecule has 0 bridgehead atoms. The molecule has 17 heavy (non-hydrogen) atoms. The van der Waals surface area contributed by atoms with Gasteiger partial charge in [-0.15, -0.1) is 0 Å². The molecule has 1 rings (SSSR count). The molecule has 5 heteroatoms.